The lowest BCUT2D eigenvalue weighted by Gasteiger charge is -2.22. The molecule has 3 nitrogen and oxygen atoms in total. The van der Waals surface area contributed by atoms with Crippen molar-refractivity contribution in [2.24, 2.45) is 5.73 Å². The highest BCUT2D eigenvalue weighted by Gasteiger charge is 2.24. The molecule has 2 rings (SSSR count). The molecule has 1 saturated heterocycles. The van der Waals surface area contributed by atoms with Crippen LogP contribution in [0.5, 0.6) is 0 Å². The van der Waals surface area contributed by atoms with Crippen LogP contribution in [0.2, 0.25) is 0 Å². The summed E-state index contributed by atoms with van der Waals surface area (Å²) in [5.41, 5.74) is 8.21. The molecule has 0 aromatic heterocycles. The molecule has 1 aromatic carbocycles. The molecule has 0 bridgehead atoms. The maximum Gasteiger partial charge on any atom is 0.0762 e. The zero-order valence-electron chi connectivity index (χ0n) is 9.45. The molecule has 88 valence electrons. The lowest BCUT2D eigenvalue weighted by atomic mass is 10.1. The van der Waals surface area contributed by atoms with E-state index in [9.17, 15) is 0 Å². The van der Waals surface area contributed by atoms with E-state index in [1.165, 1.54) is 11.3 Å². The molecule has 1 aliphatic rings. The number of methoxy groups -OCH3 is 1. The monoisotopic (exact) mass is 284 g/mol. The van der Waals surface area contributed by atoms with Crippen molar-refractivity contribution in [1.82, 2.24) is 0 Å². The summed E-state index contributed by atoms with van der Waals surface area (Å²) in [5.74, 6) is 0. The Morgan fingerprint density at radius 3 is 3.00 bits per heavy atom. The molecular weight excluding hydrogens is 268 g/mol. The molecule has 0 aliphatic carbocycles. The predicted octanol–water partition coefficient (Wildman–Crippen LogP) is 2.13. The Morgan fingerprint density at radius 1 is 1.56 bits per heavy atom. The van der Waals surface area contributed by atoms with Gasteiger partial charge < -0.3 is 15.4 Å². The van der Waals surface area contributed by atoms with Crippen molar-refractivity contribution >= 4 is 21.6 Å². The number of hydrogen-bond donors (Lipinski definition) is 1. The molecule has 1 aromatic rings. The minimum absolute atomic E-state index is 0.351. The van der Waals surface area contributed by atoms with Crippen LogP contribution in [0.3, 0.4) is 0 Å². The first-order valence-corrected chi connectivity index (χ1v) is 6.30. The molecule has 1 aliphatic heterocycles. The molecule has 16 heavy (non-hydrogen) atoms. The molecule has 0 spiro atoms. The van der Waals surface area contributed by atoms with Gasteiger partial charge in [-0.3, -0.25) is 0 Å². The zero-order valence-corrected chi connectivity index (χ0v) is 11.0. The van der Waals surface area contributed by atoms with Crippen molar-refractivity contribution in [2.45, 2.75) is 19.1 Å². The Labute approximate surface area is 105 Å². The Bertz CT molecular complexity index is 370. The van der Waals surface area contributed by atoms with Crippen LogP contribution in [0.4, 0.5) is 5.69 Å². The first-order valence-electron chi connectivity index (χ1n) is 5.51. The van der Waals surface area contributed by atoms with Crippen LogP contribution >= 0.6 is 15.9 Å². The van der Waals surface area contributed by atoms with Gasteiger partial charge in [-0.2, -0.15) is 0 Å². The lowest BCUT2D eigenvalue weighted by Crippen LogP contribution is -2.23. The number of benzene rings is 1. The van der Waals surface area contributed by atoms with Crippen molar-refractivity contribution < 1.29 is 4.74 Å². The summed E-state index contributed by atoms with van der Waals surface area (Å²) < 4.78 is 6.47. The maximum atomic E-state index is 5.80. The number of rotatable bonds is 3. The van der Waals surface area contributed by atoms with Gasteiger partial charge >= 0.3 is 0 Å². The Balaban J connectivity index is 2.24. The third-order valence-electron chi connectivity index (χ3n) is 3.12. The highest BCUT2D eigenvalue weighted by atomic mass is 79.9. The molecule has 1 atom stereocenters. The van der Waals surface area contributed by atoms with Crippen molar-refractivity contribution in [1.29, 1.82) is 0 Å². The summed E-state index contributed by atoms with van der Waals surface area (Å²) in [7, 11) is 1.78. The van der Waals surface area contributed by atoms with Crippen LogP contribution in [-0.4, -0.2) is 26.3 Å². The fraction of sp³-hybridized carbons (Fsp3) is 0.500. The molecular formula is C12H17BrN2O. The van der Waals surface area contributed by atoms with E-state index in [1.807, 2.05) is 6.07 Å². The van der Waals surface area contributed by atoms with Crippen molar-refractivity contribution in [3.05, 3.63) is 28.2 Å². The number of anilines is 1. The van der Waals surface area contributed by atoms with Gasteiger partial charge in [-0.05, 0) is 18.6 Å². The molecule has 2 N–H and O–H groups in total. The minimum Gasteiger partial charge on any atom is -0.380 e. The second-order valence-electron chi connectivity index (χ2n) is 4.03. The van der Waals surface area contributed by atoms with Crippen LogP contribution in [0.1, 0.15) is 12.0 Å². The van der Waals surface area contributed by atoms with Crippen molar-refractivity contribution in [3.63, 3.8) is 0 Å². The normalized spacial score (nSPS) is 20.4. The average molecular weight is 285 g/mol. The quantitative estimate of drug-likeness (QED) is 0.924. The third kappa shape index (κ3) is 2.24. The SMILES string of the molecule is COC1CCN(c2cccc(Br)c2CN)C1. The van der Waals surface area contributed by atoms with Gasteiger partial charge in [-0.25, -0.2) is 0 Å². The smallest absolute Gasteiger partial charge is 0.0762 e. The van der Waals surface area contributed by atoms with E-state index in [4.69, 9.17) is 10.5 Å². The summed E-state index contributed by atoms with van der Waals surface area (Å²) in [6, 6.07) is 6.22. The van der Waals surface area contributed by atoms with Crippen molar-refractivity contribution in [3.8, 4) is 0 Å². The molecule has 0 saturated carbocycles. The second-order valence-corrected chi connectivity index (χ2v) is 4.89. The van der Waals surface area contributed by atoms with Gasteiger partial charge in [0.1, 0.15) is 0 Å². The van der Waals surface area contributed by atoms with E-state index in [0.717, 1.165) is 24.0 Å². The average Bonchev–Trinajstić information content (AvgIpc) is 2.77. The topological polar surface area (TPSA) is 38.5 Å². The van der Waals surface area contributed by atoms with Crippen LogP contribution in [0.15, 0.2) is 22.7 Å². The molecule has 1 fully saturated rings. The van der Waals surface area contributed by atoms with E-state index in [0.29, 0.717) is 12.6 Å². The standard InChI is InChI=1S/C12H17BrN2O/c1-16-9-5-6-15(8-9)12-4-2-3-11(13)10(12)7-14/h2-4,9H,5-8,14H2,1H3. The summed E-state index contributed by atoms with van der Waals surface area (Å²) in [5, 5.41) is 0. The molecule has 4 heteroatoms. The minimum atomic E-state index is 0.351. The van der Waals surface area contributed by atoms with Gasteiger partial charge in [0.25, 0.3) is 0 Å². The highest BCUT2D eigenvalue weighted by Crippen LogP contribution is 2.30. The third-order valence-corrected chi connectivity index (χ3v) is 3.86. The summed E-state index contributed by atoms with van der Waals surface area (Å²) in [4.78, 5) is 2.35. The highest BCUT2D eigenvalue weighted by molar-refractivity contribution is 9.10. The summed E-state index contributed by atoms with van der Waals surface area (Å²) in [6.07, 6.45) is 1.44. The van der Waals surface area contributed by atoms with E-state index in [1.54, 1.807) is 7.11 Å². The second kappa shape index (κ2) is 5.17. The maximum absolute atomic E-state index is 5.80. The zero-order chi connectivity index (χ0) is 11.5. The van der Waals surface area contributed by atoms with Gasteiger partial charge in [0.15, 0.2) is 0 Å². The Hall–Kier alpha value is -0.580. The van der Waals surface area contributed by atoms with Gasteiger partial charge in [0.05, 0.1) is 6.10 Å². The first kappa shape index (κ1) is 11.9. The Morgan fingerprint density at radius 2 is 2.38 bits per heavy atom. The Kier molecular flexibility index (Phi) is 3.84. The number of nitrogens with zero attached hydrogens (tertiary/aromatic N) is 1. The van der Waals surface area contributed by atoms with E-state index < -0.39 is 0 Å². The number of hydrogen-bond acceptors (Lipinski definition) is 3. The van der Waals surface area contributed by atoms with E-state index in [2.05, 4.69) is 33.0 Å². The number of ether oxygens (including phenoxy) is 1. The van der Waals surface area contributed by atoms with Crippen LogP contribution < -0.4 is 10.6 Å². The van der Waals surface area contributed by atoms with Gasteiger partial charge in [-0.1, -0.05) is 22.0 Å². The molecule has 1 heterocycles. The fourth-order valence-electron chi connectivity index (χ4n) is 2.19. The van der Waals surface area contributed by atoms with Gasteiger partial charge in [0, 0.05) is 42.5 Å². The van der Waals surface area contributed by atoms with Crippen molar-refractivity contribution in [2.75, 3.05) is 25.1 Å². The summed E-state index contributed by atoms with van der Waals surface area (Å²) >= 11 is 3.55. The number of nitrogens with two attached hydrogens (primary N) is 1. The van der Waals surface area contributed by atoms with E-state index >= 15 is 0 Å². The van der Waals surface area contributed by atoms with Gasteiger partial charge in [-0.15, -0.1) is 0 Å². The summed E-state index contributed by atoms with van der Waals surface area (Å²) in [6.45, 7) is 2.56. The van der Waals surface area contributed by atoms with Crippen LogP contribution in [0.25, 0.3) is 0 Å². The van der Waals surface area contributed by atoms with Crippen LogP contribution in [0, 0.1) is 0 Å². The molecule has 0 radical (unpaired) electrons. The lowest BCUT2D eigenvalue weighted by molar-refractivity contribution is 0.121. The molecule has 1 unspecified atom stereocenters. The predicted molar refractivity (Wildman–Crippen MR) is 69.7 cm³/mol. The first-order chi connectivity index (χ1) is 7.76. The number of halogens is 1. The van der Waals surface area contributed by atoms with E-state index in [-0.39, 0.29) is 0 Å². The van der Waals surface area contributed by atoms with Gasteiger partial charge in [0.2, 0.25) is 0 Å². The van der Waals surface area contributed by atoms with Crippen LogP contribution in [-0.2, 0) is 11.3 Å². The largest absolute Gasteiger partial charge is 0.380 e. The fourth-order valence-corrected chi connectivity index (χ4v) is 2.70. The molecule has 0 amide bonds.